The van der Waals surface area contributed by atoms with Crippen molar-refractivity contribution in [2.24, 2.45) is 0 Å². The molecule has 0 spiro atoms. The van der Waals surface area contributed by atoms with Crippen LogP contribution in [0.15, 0.2) is 54.7 Å². The van der Waals surface area contributed by atoms with Crippen LogP contribution < -0.4 is 5.32 Å². The van der Waals surface area contributed by atoms with Gasteiger partial charge in [-0.25, -0.2) is 14.8 Å². The number of amides is 2. The first-order valence-electron chi connectivity index (χ1n) is 9.15. The lowest BCUT2D eigenvalue weighted by Crippen LogP contribution is -2.38. The molecule has 6 heteroatoms. The van der Waals surface area contributed by atoms with E-state index in [4.69, 9.17) is 0 Å². The molecule has 3 aromatic rings. The largest absolute Gasteiger partial charge is 0.350 e. The second kappa shape index (κ2) is 7.23. The third-order valence-corrected chi connectivity index (χ3v) is 4.88. The summed E-state index contributed by atoms with van der Waals surface area (Å²) in [5, 5.41) is 5.78. The average molecular weight is 361 g/mol. The Morgan fingerprint density at radius 2 is 1.96 bits per heavy atom. The molecule has 1 aliphatic rings. The molecule has 1 aromatic heterocycles. The van der Waals surface area contributed by atoms with Crippen LogP contribution in [0.5, 0.6) is 0 Å². The molecule has 138 valence electrons. The van der Waals surface area contributed by atoms with Crippen molar-refractivity contribution in [3.8, 4) is 11.3 Å². The van der Waals surface area contributed by atoms with E-state index in [-0.39, 0.29) is 12.1 Å². The van der Waals surface area contributed by atoms with E-state index in [0.717, 1.165) is 24.2 Å². The fourth-order valence-corrected chi connectivity index (χ4v) is 3.45. The first-order valence-corrected chi connectivity index (χ1v) is 9.15. The van der Waals surface area contributed by atoms with Crippen molar-refractivity contribution in [3.63, 3.8) is 0 Å². The summed E-state index contributed by atoms with van der Waals surface area (Å²) < 4.78 is 0. The van der Waals surface area contributed by atoms with Gasteiger partial charge in [0, 0.05) is 45.0 Å². The molecule has 0 bridgehead atoms. The summed E-state index contributed by atoms with van der Waals surface area (Å²) in [6, 6.07) is 16.8. The number of urea groups is 1. The van der Waals surface area contributed by atoms with Crippen molar-refractivity contribution < 1.29 is 4.79 Å². The zero-order chi connectivity index (χ0) is 18.8. The Balaban J connectivity index is 1.50. The number of carbonyl (C=O) groups is 1. The molecule has 1 saturated heterocycles. The number of hydrogen-bond donors (Lipinski definition) is 1. The number of carbonyl (C=O) groups excluding carboxylic acids is 1. The average Bonchev–Trinajstić information content (AvgIpc) is 3.15. The van der Waals surface area contributed by atoms with E-state index in [1.807, 2.05) is 23.1 Å². The van der Waals surface area contributed by atoms with Gasteiger partial charge in [-0.2, -0.15) is 0 Å². The van der Waals surface area contributed by atoms with E-state index >= 15 is 0 Å². The smallest absolute Gasteiger partial charge is 0.319 e. The van der Waals surface area contributed by atoms with Crippen LogP contribution in [0.3, 0.4) is 0 Å². The van der Waals surface area contributed by atoms with Crippen LogP contribution in [-0.2, 0) is 0 Å². The predicted molar refractivity (Wildman–Crippen MR) is 108 cm³/mol. The topological polar surface area (TPSA) is 61.4 Å². The number of hydrogen-bond acceptors (Lipinski definition) is 4. The van der Waals surface area contributed by atoms with E-state index in [9.17, 15) is 4.79 Å². The maximum atomic E-state index is 12.1. The van der Waals surface area contributed by atoms with Crippen LogP contribution in [0.2, 0.25) is 0 Å². The summed E-state index contributed by atoms with van der Waals surface area (Å²) in [5.74, 6) is 0.602. The molecule has 0 radical (unpaired) electrons. The van der Waals surface area contributed by atoms with Gasteiger partial charge in [0.2, 0.25) is 5.95 Å². The number of nitrogens with zero attached hydrogens (tertiary/aromatic N) is 4. The molecular weight excluding hydrogens is 338 g/mol. The molecule has 6 nitrogen and oxygen atoms in total. The molecule has 27 heavy (non-hydrogen) atoms. The van der Waals surface area contributed by atoms with Crippen molar-refractivity contribution in [1.82, 2.24) is 19.8 Å². The van der Waals surface area contributed by atoms with Crippen LogP contribution in [0.25, 0.3) is 22.0 Å². The first kappa shape index (κ1) is 17.3. The second-order valence-corrected chi connectivity index (χ2v) is 7.08. The van der Waals surface area contributed by atoms with Gasteiger partial charge in [0.25, 0.3) is 0 Å². The molecule has 2 aromatic carbocycles. The van der Waals surface area contributed by atoms with Crippen molar-refractivity contribution in [1.29, 1.82) is 0 Å². The molecule has 1 fully saturated rings. The van der Waals surface area contributed by atoms with Gasteiger partial charge in [0.15, 0.2) is 0 Å². The van der Waals surface area contributed by atoms with Crippen LogP contribution in [0, 0.1) is 0 Å². The minimum atomic E-state index is 0.0464. The Labute approximate surface area is 158 Å². The highest BCUT2D eigenvalue weighted by molar-refractivity contribution is 5.86. The summed E-state index contributed by atoms with van der Waals surface area (Å²) in [6.45, 7) is 1.42. The van der Waals surface area contributed by atoms with Crippen molar-refractivity contribution in [2.75, 3.05) is 32.5 Å². The Kier molecular flexibility index (Phi) is 4.62. The molecule has 0 unspecified atom stereocenters. The molecule has 1 atom stereocenters. The molecule has 4 rings (SSSR count). The van der Waals surface area contributed by atoms with Crippen molar-refractivity contribution >= 4 is 22.8 Å². The van der Waals surface area contributed by atoms with Gasteiger partial charge in [0.05, 0.1) is 5.69 Å². The zero-order valence-electron chi connectivity index (χ0n) is 15.6. The van der Waals surface area contributed by atoms with Crippen LogP contribution >= 0.6 is 0 Å². The maximum Gasteiger partial charge on any atom is 0.319 e. The lowest BCUT2D eigenvalue weighted by atomic mass is 10.1. The molecule has 0 saturated carbocycles. The first-order chi connectivity index (χ1) is 13.1. The number of fused-ring (bicyclic) bond motifs is 1. The summed E-state index contributed by atoms with van der Waals surface area (Å²) in [5.41, 5.74) is 1.95. The molecule has 0 aliphatic carbocycles. The lowest BCUT2D eigenvalue weighted by molar-refractivity contribution is 0.181. The number of benzene rings is 2. The summed E-state index contributed by atoms with van der Waals surface area (Å²) >= 11 is 0. The highest BCUT2D eigenvalue weighted by atomic mass is 16.2. The van der Waals surface area contributed by atoms with Crippen LogP contribution in [-0.4, -0.2) is 59.0 Å². The fraction of sp³-hybridized carbons (Fsp3) is 0.286. The Bertz CT molecular complexity index is 971. The van der Waals surface area contributed by atoms with Gasteiger partial charge in [-0.15, -0.1) is 0 Å². The van der Waals surface area contributed by atoms with Crippen molar-refractivity contribution in [3.05, 3.63) is 54.7 Å². The minimum absolute atomic E-state index is 0.0464. The number of aromatic nitrogens is 2. The third kappa shape index (κ3) is 3.69. The SMILES string of the molecule is CN(C)C(=O)N1CC[C@H](Nc2nccc(-c3ccc4ccccc4c3)n2)C1. The van der Waals surface area contributed by atoms with Crippen LogP contribution in [0.1, 0.15) is 6.42 Å². The Hall–Kier alpha value is -3.15. The van der Waals surface area contributed by atoms with Crippen LogP contribution in [0.4, 0.5) is 10.7 Å². The Morgan fingerprint density at radius 3 is 2.78 bits per heavy atom. The molecule has 2 heterocycles. The number of anilines is 1. The standard InChI is InChI=1S/C21H23N5O/c1-25(2)21(27)26-12-10-18(14-26)23-20-22-11-9-19(24-20)17-8-7-15-5-3-4-6-16(15)13-17/h3-9,11,13,18H,10,12,14H2,1-2H3,(H,22,23,24)/t18-/m0/s1. The molecule has 1 aliphatic heterocycles. The Morgan fingerprint density at radius 1 is 1.15 bits per heavy atom. The lowest BCUT2D eigenvalue weighted by Gasteiger charge is -2.21. The summed E-state index contributed by atoms with van der Waals surface area (Å²) in [4.78, 5) is 24.6. The maximum absolute atomic E-state index is 12.1. The van der Waals surface area contributed by atoms with Gasteiger partial charge in [-0.3, -0.25) is 0 Å². The van der Waals surface area contributed by atoms with Gasteiger partial charge in [-0.1, -0.05) is 36.4 Å². The van der Waals surface area contributed by atoms with E-state index in [1.54, 1.807) is 25.2 Å². The number of rotatable bonds is 3. The number of nitrogens with one attached hydrogen (secondary N) is 1. The van der Waals surface area contributed by atoms with Gasteiger partial charge >= 0.3 is 6.03 Å². The third-order valence-electron chi connectivity index (χ3n) is 4.88. The van der Waals surface area contributed by atoms with E-state index in [0.29, 0.717) is 12.5 Å². The zero-order valence-corrected chi connectivity index (χ0v) is 15.6. The number of likely N-dealkylation sites (tertiary alicyclic amines) is 1. The summed E-state index contributed by atoms with van der Waals surface area (Å²) in [7, 11) is 3.55. The highest BCUT2D eigenvalue weighted by Gasteiger charge is 2.27. The normalized spacial score (nSPS) is 16.5. The second-order valence-electron chi connectivity index (χ2n) is 7.08. The van der Waals surface area contributed by atoms with Gasteiger partial charge < -0.3 is 15.1 Å². The monoisotopic (exact) mass is 361 g/mol. The fourth-order valence-electron chi connectivity index (χ4n) is 3.45. The quantitative estimate of drug-likeness (QED) is 0.776. The van der Waals surface area contributed by atoms with Gasteiger partial charge in [0.1, 0.15) is 0 Å². The van der Waals surface area contributed by atoms with E-state index < -0.39 is 0 Å². The minimum Gasteiger partial charge on any atom is -0.350 e. The molecular formula is C21H23N5O. The van der Waals surface area contributed by atoms with E-state index in [1.165, 1.54) is 10.8 Å². The van der Waals surface area contributed by atoms with E-state index in [2.05, 4.69) is 45.6 Å². The highest BCUT2D eigenvalue weighted by Crippen LogP contribution is 2.24. The van der Waals surface area contributed by atoms with Crippen molar-refractivity contribution in [2.45, 2.75) is 12.5 Å². The predicted octanol–water partition coefficient (Wildman–Crippen LogP) is 3.46. The van der Waals surface area contributed by atoms with Gasteiger partial charge in [-0.05, 0) is 29.3 Å². The molecule has 1 N–H and O–H groups in total. The summed E-state index contributed by atoms with van der Waals surface area (Å²) in [6.07, 6.45) is 2.67. The molecule has 2 amide bonds.